The average Bonchev–Trinajstić information content (AvgIpc) is 2.92. The summed E-state index contributed by atoms with van der Waals surface area (Å²) >= 11 is 0. The number of likely N-dealkylation sites (N-methyl/N-ethyl adjacent to an activating group) is 2. The summed E-state index contributed by atoms with van der Waals surface area (Å²) in [7, 11) is 2.30. The molecule has 2 unspecified atom stereocenters. The molecule has 1 heterocycles. The maximum absolute atomic E-state index is 6.08. The first-order valence-electron chi connectivity index (χ1n) is 8.89. The van der Waals surface area contributed by atoms with Gasteiger partial charge in [-0.15, -0.1) is 0 Å². The minimum Gasteiger partial charge on any atom is -0.329 e. The van der Waals surface area contributed by atoms with Crippen molar-refractivity contribution in [3.8, 4) is 0 Å². The zero-order valence-electron chi connectivity index (χ0n) is 13.7. The van der Waals surface area contributed by atoms with Gasteiger partial charge in [0.1, 0.15) is 0 Å². The second kappa shape index (κ2) is 8.35. The van der Waals surface area contributed by atoms with Gasteiger partial charge in [-0.1, -0.05) is 39.0 Å². The SMILES string of the molecule is CCN1CCCC1CN(C)C(CN)CC1CCCCC1. The van der Waals surface area contributed by atoms with Crippen LogP contribution in [-0.4, -0.2) is 55.1 Å². The van der Waals surface area contributed by atoms with Gasteiger partial charge in [0.15, 0.2) is 0 Å². The standard InChI is InChI=1S/C17H35N3/c1-3-20-11-7-10-16(20)14-19(2)17(13-18)12-15-8-5-4-6-9-15/h15-17H,3-14,18H2,1-2H3. The van der Waals surface area contributed by atoms with Gasteiger partial charge in [-0.25, -0.2) is 0 Å². The van der Waals surface area contributed by atoms with Gasteiger partial charge in [-0.3, -0.25) is 4.90 Å². The Labute approximate surface area is 125 Å². The fourth-order valence-electron chi connectivity index (χ4n) is 4.26. The molecule has 2 atom stereocenters. The molecular formula is C17H35N3. The number of nitrogens with two attached hydrogens (primary N) is 1. The Morgan fingerprint density at radius 2 is 1.90 bits per heavy atom. The van der Waals surface area contributed by atoms with Gasteiger partial charge < -0.3 is 10.6 Å². The largest absolute Gasteiger partial charge is 0.329 e. The molecule has 3 nitrogen and oxygen atoms in total. The van der Waals surface area contributed by atoms with Gasteiger partial charge in [0, 0.05) is 25.2 Å². The molecule has 3 heteroatoms. The van der Waals surface area contributed by atoms with Crippen LogP contribution < -0.4 is 5.73 Å². The second-order valence-corrected chi connectivity index (χ2v) is 6.99. The molecule has 0 radical (unpaired) electrons. The molecule has 0 aromatic carbocycles. The van der Waals surface area contributed by atoms with Crippen molar-refractivity contribution >= 4 is 0 Å². The number of rotatable bonds is 7. The number of hydrogen-bond acceptors (Lipinski definition) is 3. The van der Waals surface area contributed by atoms with E-state index in [2.05, 4.69) is 23.8 Å². The molecule has 118 valence electrons. The van der Waals surface area contributed by atoms with Crippen molar-refractivity contribution in [2.24, 2.45) is 11.7 Å². The van der Waals surface area contributed by atoms with Gasteiger partial charge in [-0.05, 0) is 45.3 Å². The molecule has 0 aromatic heterocycles. The van der Waals surface area contributed by atoms with Crippen LogP contribution in [-0.2, 0) is 0 Å². The van der Waals surface area contributed by atoms with E-state index in [9.17, 15) is 0 Å². The molecule has 0 amide bonds. The predicted molar refractivity (Wildman–Crippen MR) is 86.9 cm³/mol. The Morgan fingerprint density at radius 3 is 2.55 bits per heavy atom. The fraction of sp³-hybridized carbons (Fsp3) is 1.00. The molecule has 20 heavy (non-hydrogen) atoms. The Morgan fingerprint density at radius 1 is 1.15 bits per heavy atom. The van der Waals surface area contributed by atoms with E-state index in [-0.39, 0.29) is 0 Å². The molecule has 2 N–H and O–H groups in total. The fourth-order valence-corrected chi connectivity index (χ4v) is 4.26. The minimum atomic E-state index is 0.595. The smallest absolute Gasteiger partial charge is 0.0223 e. The zero-order valence-corrected chi connectivity index (χ0v) is 13.7. The van der Waals surface area contributed by atoms with Crippen LogP contribution in [0.2, 0.25) is 0 Å². The van der Waals surface area contributed by atoms with E-state index in [1.54, 1.807) is 0 Å². The third-order valence-corrected chi connectivity index (χ3v) is 5.63. The maximum atomic E-state index is 6.08. The first-order valence-corrected chi connectivity index (χ1v) is 8.89. The predicted octanol–water partition coefficient (Wildman–Crippen LogP) is 2.70. The van der Waals surface area contributed by atoms with Gasteiger partial charge in [-0.2, -0.15) is 0 Å². The molecule has 0 aromatic rings. The van der Waals surface area contributed by atoms with Crippen LogP contribution >= 0.6 is 0 Å². The van der Waals surface area contributed by atoms with Crippen molar-refractivity contribution < 1.29 is 0 Å². The third-order valence-electron chi connectivity index (χ3n) is 5.63. The molecule has 0 bridgehead atoms. The molecule has 2 fully saturated rings. The number of hydrogen-bond donors (Lipinski definition) is 1. The molecule has 2 aliphatic rings. The quantitative estimate of drug-likeness (QED) is 0.779. The minimum absolute atomic E-state index is 0.595. The lowest BCUT2D eigenvalue weighted by Gasteiger charge is -2.35. The summed E-state index contributed by atoms with van der Waals surface area (Å²) < 4.78 is 0. The summed E-state index contributed by atoms with van der Waals surface area (Å²) in [6.45, 7) is 6.83. The Hall–Kier alpha value is -0.120. The Balaban J connectivity index is 1.79. The topological polar surface area (TPSA) is 32.5 Å². The maximum Gasteiger partial charge on any atom is 0.0223 e. The molecule has 0 spiro atoms. The van der Waals surface area contributed by atoms with Crippen molar-refractivity contribution in [3.05, 3.63) is 0 Å². The highest BCUT2D eigenvalue weighted by Crippen LogP contribution is 2.28. The molecule has 1 aliphatic heterocycles. The van der Waals surface area contributed by atoms with E-state index in [1.165, 1.54) is 71.0 Å². The summed E-state index contributed by atoms with van der Waals surface area (Å²) in [5.74, 6) is 0.936. The van der Waals surface area contributed by atoms with Crippen LogP contribution in [0.25, 0.3) is 0 Å². The van der Waals surface area contributed by atoms with Crippen LogP contribution in [0.1, 0.15) is 58.3 Å². The summed E-state index contributed by atoms with van der Waals surface area (Å²) in [5, 5.41) is 0. The molecule has 1 saturated heterocycles. The first-order chi connectivity index (χ1) is 9.74. The molecule has 1 saturated carbocycles. The Kier molecular flexibility index (Phi) is 6.79. The van der Waals surface area contributed by atoms with E-state index < -0.39 is 0 Å². The lowest BCUT2D eigenvalue weighted by Crippen LogP contribution is -2.46. The average molecular weight is 281 g/mol. The van der Waals surface area contributed by atoms with Crippen molar-refractivity contribution in [3.63, 3.8) is 0 Å². The van der Waals surface area contributed by atoms with E-state index in [0.29, 0.717) is 6.04 Å². The Bertz CT molecular complexity index is 263. The van der Waals surface area contributed by atoms with Crippen molar-refractivity contribution in [2.45, 2.75) is 70.4 Å². The van der Waals surface area contributed by atoms with E-state index in [0.717, 1.165) is 18.5 Å². The van der Waals surface area contributed by atoms with Crippen molar-refractivity contribution in [1.29, 1.82) is 0 Å². The van der Waals surface area contributed by atoms with Crippen LogP contribution in [0, 0.1) is 5.92 Å². The highest BCUT2D eigenvalue weighted by molar-refractivity contribution is 4.84. The van der Waals surface area contributed by atoms with E-state index in [1.807, 2.05) is 0 Å². The van der Waals surface area contributed by atoms with Crippen LogP contribution in [0.5, 0.6) is 0 Å². The molecular weight excluding hydrogens is 246 g/mol. The highest BCUT2D eigenvalue weighted by atomic mass is 15.2. The lowest BCUT2D eigenvalue weighted by atomic mass is 9.84. The van der Waals surface area contributed by atoms with E-state index >= 15 is 0 Å². The lowest BCUT2D eigenvalue weighted by molar-refractivity contribution is 0.143. The van der Waals surface area contributed by atoms with E-state index in [4.69, 9.17) is 5.73 Å². The van der Waals surface area contributed by atoms with Gasteiger partial charge in [0.25, 0.3) is 0 Å². The number of nitrogens with zero attached hydrogens (tertiary/aromatic N) is 2. The van der Waals surface area contributed by atoms with Crippen LogP contribution in [0.15, 0.2) is 0 Å². The zero-order chi connectivity index (χ0) is 14.4. The summed E-state index contributed by atoms with van der Waals surface area (Å²) in [4.78, 5) is 5.21. The molecule has 2 rings (SSSR count). The monoisotopic (exact) mass is 281 g/mol. The third kappa shape index (κ3) is 4.44. The first kappa shape index (κ1) is 16.3. The van der Waals surface area contributed by atoms with Gasteiger partial charge in [0.05, 0.1) is 0 Å². The summed E-state index contributed by atoms with van der Waals surface area (Å²) in [5.41, 5.74) is 6.08. The van der Waals surface area contributed by atoms with Gasteiger partial charge >= 0.3 is 0 Å². The van der Waals surface area contributed by atoms with Crippen molar-refractivity contribution in [2.75, 3.05) is 33.2 Å². The van der Waals surface area contributed by atoms with Gasteiger partial charge in [0.2, 0.25) is 0 Å². The number of likely N-dealkylation sites (tertiary alicyclic amines) is 1. The summed E-state index contributed by atoms with van der Waals surface area (Å²) in [6.07, 6.45) is 11.3. The van der Waals surface area contributed by atoms with Crippen LogP contribution in [0.3, 0.4) is 0 Å². The second-order valence-electron chi connectivity index (χ2n) is 6.99. The molecule has 1 aliphatic carbocycles. The summed E-state index contributed by atoms with van der Waals surface area (Å²) in [6, 6.07) is 1.36. The van der Waals surface area contributed by atoms with Crippen molar-refractivity contribution in [1.82, 2.24) is 9.80 Å². The van der Waals surface area contributed by atoms with Crippen LogP contribution in [0.4, 0.5) is 0 Å². The normalized spacial score (nSPS) is 27.3. The highest BCUT2D eigenvalue weighted by Gasteiger charge is 2.27.